The van der Waals surface area contributed by atoms with Crippen LogP contribution in [0.4, 0.5) is 5.69 Å². The summed E-state index contributed by atoms with van der Waals surface area (Å²) in [5.41, 5.74) is 3.07. The van der Waals surface area contributed by atoms with E-state index in [1.54, 1.807) is 0 Å². The number of nitrogens with zero attached hydrogens (tertiary/aromatic N) is 3. The Morgan fingerprint density at radius 2 is 1.82 bits per heavy atom. The smallest absolute Gasteiger partial charge is 0.330 e. The molecule has 1 fully saturated rings. The molecule has 0 radical (unpaired) electrons. The highest BCUT2D eigenvalue weighted by Gasteiger charge is 2.55. The van der Waals surface area contributed by atoms with Gasteiger partial charge in [0, 0.05) is 11.1 Å². The first kappa shape index (κ1) is 15.9. The highest BCUT2D eigenvalue weighted by Crippen LogP contribution is 2.48. The molecular formula is C17H29B2N3. The number of unbranched alkanes of at least 4 members (excludes halogenated alkanes) is 1. The van der Waals surface area contributed by atoms with Gasteiger partial charge in [0.2, 0.25) is 0 Å². The van der Waals surface area contributed by atoms with Crippen LogP contribution in [0.2, 0.25) is 13.6 Å². The van der Waals surface area contributed by atoms with Gasteiger partial charge in [0.05, 0.1) is 6.17 Å². The second-order valence-corrected chi connectivity index (χ2v) is 7.54. The van der Waals surface area contributed by atoms with Gasteiger partial charge < -0.3 is 14.3 Å². The van der Waals surface area contributed by atoms with Crippen LogP contribution in [-0.4, -0.2) is 43.3 Å². The first-order valence-corrected chi connectivity index (χ1v) is 8.76. The van der Waals surface area contributed by atoms with Crippen LogP contribution in [0.5, 0.6) is 0 Å². The molecule has 2 heterocycles. The Kier molecular flexibility index (Phi) is 4.07. The van der Waals surface area contributed by atoms with Crippen molar-refractivity contribution < 1.29 is 0 Å². The minimum atomic E-state index is 0.157. The Hall–Kier alpha value is -0.930. The summed E-state index contributed by atoms with van der Waals surface area (Å²) < 4.78 is 2.65. The Balaban J connectivity index is 2.03. The van der Waals surface area contributed by atoms with E-state index >= 15 is 0 Å². The van der Waals surface area contributed by atoms with Crippen LogP contribution in [0.1, 0.15) is 39.2 Å². The van der Waals surface area contributed by atoms with E-state index in [-0.39, 0.29) is 5.41 Å². The van der Waals surface area contributed by atoms with Crippen molar-refractivity contribution in [2.45, 2.75) is 58.8 Å². The standard InChI is InChI=1S/C17H29B2N3/c1-7-8-13-21-18(4)20(6)16-17(2,3)14-11-9-10-12-15(14)22(16)19(21)5/h9-12,16H,7-8,13H2,1-6H3. The second-order valence-electron chi connectivity index (χ2n) is 7.54. The molecule has 0 bridgehead atoms. The zero-order valence-corrected chi connectivity index (χ0v) is 15.0. The quantitative estimate of drug-likeness (QED) is 0.792. The van der Waals surface area contributed by atoms with Gasteiger partial charge in [-0.05, 0) is 31.6 Å². The van der Waals surface area contributed by atoms with Crippen LogP contribution in [0, 0.1) is 0 Å². The average Bonchev–Trinajstić information content (AvgIpc) is 2.74. The van der Waals surface area contributed by atoms with Crippen molar-refractivity contribution in [3.05, 3.63) is 29.8 Å². The molecule has 0 N–H and O–H groups in total. The minimum Gasteiger partial charge on any atom is -0.386 e. The predicted molar refractivity (Wildman–Crippen MR) is 98.3 cm³/mol. The van der Waals surface area contributed by atoms with Crippen molar-refractivity contribution >= 4 is 19.7 Å². The van der Waals surface area contributed by atoms with Crippen LogP contribution >= 0.6 is 0 Å². The van der Waals surface area contributed by atoms with Crippen molar-refractivity contribution in [2.24, 2.45) is 0 Å². The van der Waals surface area contributed by atoms with Crippen molar-refractivity contribution in [3.8, 4) is 0 Å². The topological polar surface area (TPSA) is 9.72 Å². The van der Waals surface area contributed by atoms with Gasteiger partial charge >= 0.3 is 6.98 Å². The van der Waals surface area contributed by atoms with Gasteiger partial charge in [-0.15, -0.1) is 0 Å². The first-order valence-electron chi connectivity index (χ1n) is 8.76. The number of fused-ring (bicyclic) bond motifs is 3. The second kappa shape index (κ2) is 5.61. The van der Waals surface area contributed by atoms with Gasteiger partial charge in [-0.25, -0.2) is 0 Å². The highest BCUT2D eigenvalue weighted by molar-refractivity contribution is 6.74. The molecule has 3 rings (SSSR count). The summed E-state index contributed by atoms with van der Waals surface area (Å²) in [5.74, 6) is 0. The summed E-state index contributed by atoms with van der Waals surface area (Å²) in [6, 6.07) is 8.98. The fourth-order valence-corrected chi connectivity index (χ4v) is 4.60. The third-order valence-electron chi connectivity index (χ3n) is 5.89. The van der Waals surface area contributed by atoms with Gasteiger partial charge in [0.25, 0.3) is 6.98 Å². The molecule has 0 amide bonds. The van der Waals surface area contributed by atoms with Gasteiger partial charge in [-0.1, -0.05) is 59.0 Å². The lowest BCUT2D eigenvalue weighted by Gasteiger charge is -2.54. The average molecular weight is 297 g/mol. The molecule has 0 aliphatic carbocycles. The molecular weight excluding hydrogens is 268 g/mol. The van der Waals surface area contributed by atoms with E-state index in [2.05, 4.69) is 80.1 Å². The van der Waals surface area contributed by atoms with Crippen LogP contribution < -0.4 is 4.81 Å². The fraction of sp³-hybridized carbons (Fsp3) is 0.647. The van der Waals surface area contributed by atoms with Crippen LogP contribution in [0.25, 0.3) is 0 Å². The molecule has 3 nitrogen and oxygen atoms in total. The lowest BCUT2D eigenvalue weighted by atomic mass is 9.55. The number of hydrogen-bond donors (Lipinski definition) is 0. The summed E-state index contributed by atoms with van der Waals surface area (Å²) in [4.78, 5) is 5.21. The molecule has 0 spiro atoms. The molecule has 1 saturated heterocycles. The molecule has 1 aromatic carbocycles. The maximum absolute atomic E-state index is 2.65. The van der Waals surface area contributed by atoms with E-state index in [4.69, 9.17) is 0 Å². The van der Waals surface area contributed by atoms with E-state index in [1.165, 1.54) is 30.6 Å². The Labute approximate surface area is 136 Å². The largest absolute Gasteiger partial charge is 0.386 e. The van der Waals surface area contributed by atoms with Crippen molar-refractivity contribution in [1.29, 1.82) is 0 Å². The molecule has 22 heavy (non-hydrogen) atoms. The van der Waals surface area contributed by atoms with Crippen molar-refractivity contribution in [3.63, 3.8) is 0 Å². The Bertz CT molecular complexity index is 548. The van der Waals surface area contributed by atoms with E-state index in [0.717, 1.165) is 0 Å². The van der Waals surface area contributed by atoms with Gasteiger partial charge in [-0.3, -0.25) is 0 Å². The number of benzene rings is 1. The van der Waals surface area contributed by atoms with Crippen molar-refractivity contribution in [2.75, 3.05) is 18.4 Å². The summed E-state index contributed by atoms with van der Waals surface area (Å²) in [5, 5.41) is 0. The normalized spacial score (nSPS) is 24.6. The predicted octanol–water partition coefficient (Wildman–Crippen LogP) is 3.39. The zero-order chi connectivity index (χ0) is 16.1. The van der Waals surface area contributed by atoms with Crippen LogP contribution in [0.15, 0.2) is 24.3 Å². The SMILES string of the molecule is CCCCN1B(C)N(C)C2N(B1C)c1ccccc1C2(C)C. The molecule has 0 saturated carbocycles. The minimum absolute atomic E-state index is 0.157. The maximum atomic E-state index is 2.65. The molecule has 0 aromatic heterocycles. The third kappa shape index (κ3) is 2.13. The van der Waals surface area contributed by atoms with Crippen LogP contribution in [0.3, 0.4) is 0 Å². The maximum Gasteiger partial charge on any atom is 0.330 e. The summed E-state index contributed by atoms with van der Waals surface area (Å²) in [7, 11) is 2.29. The number of anilines is 1. The lowest BCUT2D eigenvalue weighted by Crippen LogP contribution is -2.74. The lowest BCUT2D eigenvalue weighted by molar-refractivity contribution is 0.253. The molecule has 2 aliphatic heterocycles. The Morgan fingerprint density at radius 3 is 2.50 bits per heavy atom. The zero-order valence-electron chi connectivity index (χ0n) is 15.0. The number of rotatable bonds is 3. The molecule has 5 heteroatoms. The number of para-hydroxylation sites is 1. The number of hydrogen-bond acceptors (Lipinski definition) is 3. The first-order chi connectivity index (χ1) is 10.4. The molecule has 1 aromatic rings. The van der Waals surface area contributed by atoms with Gasteiger partial charge in [0.1, 0.15) is 0 Å². The van der Waals surface area contributed by atoms with Crippen molar-refractivity contribution in [1.82, 2.24) is 9.53 Å². The third-order valence-corrected chi connectivity index (χ3v) is 5.89. The fourth-order valence-electron chi connectivity index (χ4n) is 4.60. The van der Waals surface area contributed by atoms with Gasteiger partial charge in [0.15, 0.2) is 0 Å². The van der Waals surface area contributed by atoms with E-state index < -0.39 is 0 Å². The summed E-state index contributed by atoms with van der Waals surface area (Å²) >= 11 is 0. The van der Waals surface area contributed by atoms with E-state index in [0.29, 0.717) is 20.1 Å². The van der Waals surface area contributed by atoms with E-state index in [9.17, 15) is 0 Å². The summed E-state index contributed by atoms with van der Waals surface area (Å²) in [6.07, 6.45) is 2.96. The van der Waals surface area contributed by atoms with E-state index in [1.807, 2.05) is 0 Å². The highest BCUT2D eigenvalue weighted by atomic mass is 15.4. The van der Waals surface area contributed by atoms with Crippen LogP contribution in [-0.2, 0) is 5.41 Å². The summed E-state index contributed by atoms with van der Waals surface area (Å²) in [6.45, 7) is 13.9. The molecule has 1 atom stereocenters. The number of likely N-dealkylation sites (N-methyl/N-ethyl adjacent to an activating group) is 1. The van der Waals surface area contributed by atoms with Gasteiger partial charge in [-0.2, -0.15) is 0 Å². The molecule has 2 aliphatic rings. The Morgan fingerprint density at radius 1 is 1.14 bits per heavy atom. The monoisotopic (exact) mass is 297 g/mol. The molecule has 1 unspecified atom stereocenters. The molecule has 118 valence electrons.